The van der Waals surface area contributed by atoms with Crippen molar-refractivity contribution >= 4 is 39.0 Å². The van der Waals surface area contributed by atoms with Crippen LogP contribution in [0.2, 0.25) is 0 Å². The SMILES string of the molecule is CCC(CSC)NS(=O)(=O)c1cccc(F)c1C(N)=S. The fraction of sp³-hybridized carbons (Fsp3) is 0.417. The van der Waals surface area contributed by atoms with Crippen LogP contribution in [-0.2, 0) is 10.0 Å². The predicted octanol–water partition coefficient (Wildman–Crippen LogP) is 1.88. The van der Waals surface area contributed by atoms with Gasteiger partial charge in [-0.05, 0) is 24.8 Å². The van der Waals surface area contributed by atoms with Gasteiger partial charge >= 0.3 is 0 Å². The molecule has 0 aliphatic carbocycles. The van der Waals surface area contributed by atoms with Crippen LogP contribution in [0.1, 0.15) is 18.9 Å². The molecule has 0 bridgehead atoms. The second kappa shape index (κ2) is 7.35. The number of sulfonamides is 1. The first-order valence-corrected chi connectivity index (χ1v) is 9.21. The van der Waals surface area contributed by atoms with Gasteiger partial charge < -0.3 is 5.73 Å². The van der Waals surface area contributed by atoms with Crippen molar-refractivity contribution < 1.29 is 12.8 Å². The largest absolute Gasteiger partial charge is 0.389 e. The molecule has 0 fully saturated rings. The summed E-state index contributed by atoms with van der Waals surface area (Å²) in [6.45, 7) is 1.88. The summed E-state index contributed by atoms with van der Waals surface area (Å²) in [5.41, 5.74) is 5.19. The summed E-state index contributed by atoms with van der Waals surface area (Å²) in [5.74, 6) is -0.105. The fourth-order valence-electron chi connectivity index (χ4n) is 1.69. The van der Waals surface area contributed by atoms with Crippen molar-refractivity contribution in [2.45, 2.75) is 24.3 Å². The van der Waals surface area contributed by atoms with E-state index in [1.807, 2.05) is 13.2 Å². The molecular weight excluding hydrogens is 319 g/mol. The molecule has 1 unspecified atom stereocenters. The highest BCUT2D eigenvalue weighted by atomic mass is 32.2. The Morgan fingerprint density at radius 1 is 1.55 bits per heavy atom. The lowest BCUT2D eigenvalue weighted by Crippen LogP contribution is -2.37. The Balaban J connectivity index is 3.22. The van der Waals surface area contributed by atoms with Crippen LogP contribution in [0.3, 0.4) is 0 Å². The quantitative estimate of drug-likeness (QED) is 0.744. The smallest absolute Gasteiger partial charge is 0.241 e. The number of nitrogens with one attached hydrogen (secondary N) is 1. The normalized spacial score (nSPS) is 13.2. The van der Waals surface area contributed by atoms with Gasteiger partial charge in [-0.2, -0.15) is 11.8 Å². The van der Waals surface area contributed by atoms with Crippen LogP contribution in [0, 0.1) is 5.82 Å². The monoisotopic (exact) mass is 336 g/mol. The van der Waals surface area contributed by atoms with E-state index in [9.17, 15) is 12.8 Å². The second-order valence-corrected chi connectivity index (χ2v) is 7.19. The van der Waals surface area contributed by atoms with Gasteiger partial charge in [0.15, 0.2) is 0 Å². The van der Waals surface area contributed by atoms with Crippen LogP contribution in [0.25, 0.3) is 0 Å². The van der Waals surface area contributed by atoms with Crippen molar-refractivity contribution in [2.24, 2.45) is 5.73 Å². The van der Waals surface area contributed by atoms with Crippen molar-refractivity contribution in [1.82, 2.24) is 4.72 Å². The third kappa shape index (κ3) is 4.15. The van der Waals surface area contributed by atoms with Crippen LogP contribution in [0.15, 0.2) is 23.1 Å². The Kier molecular flexibility index (Phi) is 6.38. The molecule has 1 aromatic rings. The average molecular weight is 336 g/mol. The molecule has 3 N–H and O–H groups in total. The van der Waals surface area contributed by atoms with Crippen molar-refractivity contribution in [2.75, 3.05) is 12.0 Å². The summed E-state index contributed by atoms with van der Waals surface area (Å²) >= 11 is 6.27. The van der Waals surface area contributed by atoms with Gasteiger partial charge in [0.25, 0.3) is 0 Å². The number of hydrogen-bond acceptors (Lipinski definition) is 4. The Morgan fingerprint density at radius 3 is 2.70 bits per heavy atom. The van der Waals surface area contributed by atoms with Crippen molar-refractivity contribution in [3.63, 3.8) is 0 Å². The topological polar surface area (TPSA) is 72.2 Å². The highest BCUT2D eigenvalue weighted by Crippen LogP contribution is 2.19. The molecular formula is C12H17FN2O2S3. The maximum atomic E-state index is 13.7. The molecule has 0 spiro atoms. The van der Waals surface area contributed by atoms with E-state index in [4.69, 9.17) is 18.0 Å². The molecule has 1 atom stereocenters. The van der Waals surface area contributed by atoms with Crippen LogP contribution >= 0.6 is 24.0 Å². The zero-order valence-electron chi connectivity index (χ0n) is 11.2. The first-order chi connectivity index (χ1) is 9.33. The third-order valence-electron chi connectivity index (χ3n) is 2.69. The molecule has 0 aliphatic heterocycles. The van der Waals surface area contributed by atoms with E-state index in [2.05, 4.69) is 4.72 Å². The van der Waals surface area contributed by atoms with Gasteiger partial charge in [-0.15, -0.1) is 0 Å². The van der Waals surface area contributed by atoms with Crippen molar-refractivity contribution in [1.29, 1.82) is 0 Å². The average Bonchev–Trinajstić information content (AvgIpc) is 2.37. The summed E-state index contributed by atoms with van der Waals surface area (Å²) in [4.78, 5) is -0.494. The Hall–Kier alpha value is -0.700. The van der Waals surface area contributed by atoms with E-state index in [-0.39, 0.29) is 21.5 Å². The standard InChI is InChI=1S/C12H17FN2O2S3/c1-3-8(7-19-2)15-20(16,17)10-6-4-5-9(13)11(10)12(14)18/h4-6,8,15H,3,7H2,1-2H3,(H2,14,18). The zero-order chi connectivity index (χ0) is 15.3. The van der Waals surface area contributed by atoms with E-state index in [0.717, 1.165) is 6.07 Å². The number of benzene rings is 1. The third-order valence-corrected chi connectivity index (χ3v) is 5.20. The molecule has 20 heavy (non-hydrogen) atoms. The van der Waals surface area contributed by atoms with Gasteiger partial charge in [-0.3, -0.25) is 0 Å². The van der Waals surface area contributed by atoms with Crippen molar-refractivity contribution in [3.05, 3.63) is 29.6 Å². The summed E-state index contributed by atoms with van der Waals surface area (Å²) < 4.78 is 41.0. The predicted molar refractivity (Wildman–Crippen MR) is 85.1 cm³/mol. The van der Waals surface area contributed by atoms with Crippen molar-refractivity contribution in [3.8, 4) is 0 Å². The number of thioether (sulfide) groups is 1. The highest BCUT2D eigenvalue weighted by molar-refractivity contribution is 7.98. The molecule has 8 heteroatoms. The van der Waals surface area contributed by atoms with Crippen LogP contribution in [0.5, 0.6) is 0 Å². The Morgan fingerprint density at radius 2 is 2.20 bits per heavy atom. The van der Waals surface area contributed by atoms with Gasteiger partial charge in [0.2, 0.25) is 10.0 Å². The molecule has 0 amide bonds. The molecule has 0 heterocycles. The lowest BCUT2D eigenvalue weighted by Gasteiger charge is -2.17. The minimum absolute atomic E-state index is 0.218. The molecule has 4 nitrogen and oxygen atoms in total. The number of nitrogens with two attached hydrogens (primary N) is 1. The van der Waals surface area contributed by atoms with Crippen LogP contribution in [-0.4, -0.2) is 31.5 Å². The zero-order valence-corrected chi connectivity index (χ0v) is 13.7. The molecule has 0 saturated heterocycles. The minimum atomic E-state index is -3.86. The molecule has 1 rings (SSSR count). The van der Waals surface area contributed by atoms with Gasteiger partial charge in [-0.1, -0.05) is 25.2 Å². The van der Waals surface area contributed by atoms with E-state index in [1.165, 1.54) is 23.9 Å². The van der Waals surface area contributed by atoms with E-state index in [1.54, 1.807) is 0 Å². The fourth-order valence-corrected chi connectivity index (χ4v) is 4.34. The van der Waals surface area contributed by atoms with Gasteiger partial charge in [0, 0.05) is 11.8 Å². The Labute approximate surface area is 128 Å². The summed E-state index contributed by atoms with van der Waals surface area (Å²) in [5, 5.41) is 0. The minimum Gasteiger partial charge on any atom is -0.389 e. The lowest BCUT2D eigenvalue weighted by molar-refractivity contribution is 0.555. The number of hydrogen-bond donors (Lipinski definition) is 2. The first kappa shape index (κ1) is 17.4. The molecule has 112 valence electrons. The lowest BCUT2D eigenvalue weighted by atomic mass is 10.2. The van der Waals surface area contributed by atoms with Gasteiger partial charge in [0.05, 0.1) is 10.5 Å². The van der Waals surface area contributed by atoms with E-state index < -0.39 is 15.8 Å². The molecule has 0 aromatic heterocycles. The van der Waals surface area contributed by atoms with E-state index in [0.29, 0.717) is 12.2 Å². The number of halogens is 1. The summed E-state index contributed by atoms with van der Waals surface area (Å²) in [6.07, 6.45) is 2.53. The Bertz CT molecular complexity index is 590. The number of thiocarbonyl (C=S) groups is 1. The molecule has 0 aliphatic rings. The second-order valence-electron chi connectivity index (χ2n) is 4.16. The summed E-state index contributed by atoms with van der Waals surface area (Å²) in [7, 11) is -3.86. The highest BCUT2D eigenvalue weighted by Gasteiger charge is 2.24. The maximum Gasteiger partial charge on any atom is 0.241 e. The summed E-state index contributed by atoms with van der Waals surface area (Å²) in [6, 6.07) is 3.53. The van der Waals surface area contributed by atoms with Gasteiger partial charge in [0.1, 0.15) is 10.8 Å². The van der Waals surface area contributed by atoms with Crippen LogP contribution in [0.4, 0.5) is 4.39 Å². The van der Waals surface area contributed by atoms with Crippen LogP contribution < -0.4 is 10.5 Å². The van der Waals surface area contributed by atoms with Gasteiger partial charge in [-0.25, -0.2) is 17.5 Å². The first-order valence-electron chi connectivity index (χ1n) is 5.93. The molecule has 0 saturated carbocycles. The molecule has 1 aromatic carbocycles. The molecule has 0 radical (unpaired) electrons. The van der Waals surface area contributed by atoms with E-state index >= 15 is 0 Å². The number of rotatable bonds is 7. The maximum absolute atomic E-state index is 13.7.